The molecular weight excluding hydrogens is 483 g/mol. The number of hydrogen-bond donors (Lipinski definition) is 2. The summed E-state index contributed by atoms with van der Waals surface area (Å²) in [7, 11) is 5.80. The van der Waals surface area contributed by atoms with E-state index in [9.17, 15) is 0 Å². The van der Waals surface area contributed by atoms with E-state index < -0.39 is 0 Å². The van der Waals surface area contributed by atoms with Crippen LogP contribution in [0.25, 0.3) is 10.9 Å². The number of anilines is 1. The predicted octanol–water partition coefficient (Wildman–Crippen LogP) is 3.80. The molecule has 0 radical (unpaired) electrons. The van der Waals surface area contributed by atoms with Gasteiger partial charge in [0.1, 0.15) is 10.8 Å². The van der Waals surface area contributed by atoms with Crippen molar-refractivity contribution in [3.8, 4) is 0 Å². The van der Waals surface area contributed by atoms with Gasteiger partial charge in [0.25, 0.3) is 0 Å². The third-order valence-electron chi connectivity index (χ3n) is 4.27. The molecule has 28 heavy (non-hydrogen) atoms. The number of rotatable bonds is 6. The van der Waals surface area contributed by atoms with E-state index in [1.807, 2.05) is 43.4 Å². The fourth-order valence-electron chi connectivity index (χ4n) is 2.76. The van der Waals surface area contributed by atoms with Crippen molar-refractivity contribution in [2.24, 2.45) is 4.99 Å². The highest BCUT2D eigenvalue weighted by atomic mass is 127. The molecule has 0 bridgehead atoms. The van der Waals surface area contributed by atoms with Crippen LogP contribution in [0.3, 0.4) is 0 Å². The van der Waals surface area contributed by atoms with Gasteiger partial charge in [-0.15, -0.1) is 35.3 Å². The molecule has 0 atom stereocenters. The first-order valence-electron chi connectivity index (χ1n) is 9.04. The van der Waals surface area contributed by atoms with E-state index in [-0.39, 0.29) is 24.0 Å². The molecule has 0 aliphatic carbocycles. The second-order valence-electron chi connectivity index (χ2n) is 6.40. The van der Waals surface area contributed by atoms with Gasteiger partial charge in [-0.05, 0) is 24.1 Å². The van der Waals surface area contributed by atoms with Crippen LogP contribution in [0.2, 0.25) is 0 Å². The minimum absolute atomic E-state index is 0. The standard InChI is InChI=1S/C20H26N6S.HI/c1-5-15-12-22-19(27-15)13-24-20(21-2)23-11-14-10-18(26(3)4)25-17-9-7-6-8-16(14)17;/h6-10,12H,5,11,13H2,1-4H3,(H2,21,23,24);1H. The summed E-state index contributed by atoms with van der Waals surface area (Å²) in [6.07, 6.45) is 2.97. The molecule has 0 amide bonds. The number of aryl methyl sites for hydroxylation is 1. The van der Waals surface area contributed by atoms with Gasteiger partial charge in [-0.2, -0.15) is 0 Å². The summed E-state index contributed by atoms with van der Waals surface area (Å²) < 4.78 is 0. The number of pyridine rings is 1. The lowest BCUT2D eigenvalue weighted by Crippen LogP contribution is -2.36. The van der Waals surface area contributed by atoms with E-state index in [1.165, 1.54) is 10.4 Å². The average Bonchev–Trinajstić information content (AvgIpc) is 3.15. The van der Waals surface area contributed by atoms with Crippen molar-refractivity contribution < 1.29 is 0 Å². The lowest BCUT2D eigenvalue weighted by molar-refractivity contribution is 0.807. The highest BCUT2D eigenvalue weighted by molar-refractivity contribution is 14.0. The highest BCUT2D eigenvalue weighted by Gasteiger charge is 2.08. The van der Waals surface area contributed by atoms with Crippen molar-refractivity contribution in [3.63, 3.8) is 0 Å². The highest BCUT2D eigenvalue weighted by Crippen LogP contribution is 2.22. The maximum absolute atomic E-state index is 4.71. The smallest absolute Gasteiger partial charge is 0.191 e. The summed E-state index contributed by atoms with van der Waals surface area (Å²) in [6.45, 7) is 3.48. The van der Waals surface area contributed by atoms with Crippen LogP contribution in [0, 0.1) is 0 Å². The van der Waals surface area contributed by atoms with Gasteiger partial charge in [-0.1, -0.05) is 25.1 Å². The van der Waals surface area contributed by atoms with Crippen LogP contribution in [0.1, 0.15) is 22.4 Å². The van der Waals surface area contributed by atoms with Gasteiger partial charge in [0.05, 0.1) is 12.1 Å². The SMILES string of the molecule is CCc1cnc(CNC(=NC)NCc2cc(N(C)C)nc3ccccc23)s1.I. The van der Waals surface area contributed by atoms with Gasteiger partial charge in [0.15, 0.2) is 5.96 Å². The van der Waals surface area contributed by atoms with Crippen LogP contribution in [-0.2, 0) is 19.5 Å². The van der Waals surface area contributed by atoms with Crippen LogP contribution in [0.4, 0.5) is 5.82 Å². The Morgan fingerprint density at radius 3 is 2.61 bits per heavy atom. The molecule has 150 valence electrons. The van der Waals surface area contributed by atoms with E-state index in [2.05, 4.69) is 39.7 Å². The van der Waals surface area contributed by atoms with Crippen molar-refractivity contribution >= 4 is 58.0 Å². The van der Waals surface area contributed by atoms with E-state index in [0.29, 0.717) is 13.1 Å². The number of nitrogens with zero attached hydrogens (tertiary/aromatic N) is 4. The predicted molar refractivity (Wildman–Crippen MR) is 130 cm³/mol. The van der Waals surface area contributed by atoms with E-state index in [0.717, 1.165) is 34.1 Å². The van der Waals surface area contributed by atoms with Crippen molar-refractivity contribution in [1.29, 1.82) is 0 Å². The zero-order chi connectivity index (χ0) is 19.2. The average molecular weight is 510 g/mol. The van der Waals surface area contributed by atoms with E-state index in [4.69, 9.17) is 4.98 Å². The molecule has 6 nitrogen and oxygen atoms in total. The van der Waals surface area contributed by atoms with Gasteiger partial charge >= 0.3 is 0 Å². The van der Waals surface area contributed by atoms with Crippen LogP contribution in [-0.4, -0.2) is 37.1 Å². The number of para-hydroxylation sites is 1. The minimum atomic E-state index is 0. The second-order valence-corrected chi connectivity index (χ2v) is 7.60. The number of guanidine groups is 1. The van der Waals surface area contributed by atoms with Gasteiger partial charge in [-0.3, -0.25) is 4.99 Å². The minimum Gasteiger partial charge on any atom is -0.363 e. The number of thiazole rings is 1. The molecule has 0 unspecified atom stereocenters. The van der Waals surface area contributed by atoms with Crippen LogP contribution in [0.15, 0.2) is 41.5 Å². The van der Waals surface area contributed by atoms with Crippen LogP contribution in [0.5, 0.6) is 0 Å². The summed E-state index contributed by atoms with van der Waals surface area (Å²) in [5.74, 6) is 1.71. The molecule has 2 aromatic heterocycles. The Morgan fingerprint density at radius 1 is 1.18 bits per heavy atom. The molecule has 1 aromatic carbocycles. The monoisotopic (exact) mass is 510 g/mol. The third-order valence-corrected chi connectivity index (χ3v) is 5.42. The molecule has 0 aliphatic heterocycles. The number of halogens is 1. The molecule has 0 saturated carbocycles. The largest absolute Gasteiger partial charge is 0.363 e. The quantitative estimate of drug-likeness (QED) is 0.300. The van der Waals surface area contributed by atoms with Crippen molar-refractivity contribution in [2.75, 3.05) is 26.0 Å². The zero-order valence-electron chi connectivity index (χ0n) is 16.7. The fraction of sp³-hybridized carbons (Fsp3) is 0.350. The van der Waals surface area contributed by atoms with E-state index >= 15 is 0 Å². The van der Waals surface area contributed by atoms with Gasteiger partial charge < -0.3 is 15.5 Å². The Labute approximate surface area is 187 Å². The zero-order valence-corrected chi connectivity index (χ0v) is 19.8. The normalized spacial score (nSPS) is 11.2. The van der Waals surface area contributed by atoms with Crippen molar-refractivity contribution in [1.82, 2.24) is 20.6 Å². The Hall–Kier alpha value is -1.94. The number of aliphatic imine (C=N–C) groups is 1. The van der Waals surface area contributed by atoms with Gasteiger partial charge in [0, 0.05) is 44.1 Å². The van der Waals surface area contributed by atoms with Gasteiger partial charge in [-0.25, -0.2) is 9.97 Å². The first kappa shape index (κ1) is 22.4. The number of fused-ring (bicyclic) bond motifs is 1. The number of hydrogen-bond acceptors (Lipinski definition) is 5. The number of benzene rings is 1. The maximum atomic E-state index is 4.71. The molecule has 2 heterocycles. The number of aromatic nitrogens is 2. The summed E-state index contributed by atoms with van der Waals surface area (Å²) in [6, 6.07) is 10.3. The topological polar surface area (TPSA) is 65.4 Å². The molecule has 3 aromatic rings. The maximum Gasteiger partial charge on any atom is 0.191 e. The molecule has 0 aliphatic rings. The summed E-state index contributed by atoms with van der Waals surface area (Å²) in [5, 5.41) is 8.96. The lowest BCUT2D eigenvalue weighted by atomic mass is 10.1. The molecule has 0 saturated heterocycles. The van der Waals surface area contributed by atoms with Crippen molar-refractivity contribution in [3.05, 3.63) is 52.0 Å². The summed E-state index contributed by atoms with van der Waals surface area (Å²) in [5.41, 5.74) is 2.19. The second kappa shape index (κ2) is 10.6. The number of nitrogens with one attached hydrogen (secondary N) is 2. The molecule has 3 rings (SSSR count). The van der Waals surface area contributed by atoms with Crippen molar-refractivity contribution in [2.45, 2.75) is 26.4 Å². The van der Waals surface area contributed by atoms with Crippen LogP contribution >= 0.6 is 35.3 Å². The van der Waals surface area contributed by atoms with Gasteiger partial charge in [0.2, 0.25) is 0 Å². The Balaban J connectivity index is 0.00000280. The molecule has 0 fully saturated rings. The molecule has 8 heteroatoms. The lowest BCUT2D eigenvalue weighted by Gasteiger charge is -2.16. The Kier molecular flexibility index (Phi) is 8.43. The Morgan fingerprint density at radius 2 is 1.93 bits per heavy atom. The molecule has 0 spiro atoms. The third kappa shape index (κ3) is 5.54. The van der Waals surface area contributed by atoms with E-state index in [1.54, 1.807) is 18.4 Å². The fourth-order valence-corrected chi connectivity index (χ4v) is 3.56. The first-order chi connectivity index (χ1) is 13.1. The first-order valence-corrected chi connectivity index (χ1v) is 9.86. The summed E-state index contributed by atoms with van der Waals surface area (Å²) in [4.78, 5) is 16.8. The van der Waals surface area contributed by atoms with Crippen LogP contribution < -0.4 is 15.5 Å². The molecule has 2 N–H and O–H groups in total. The summed E-state index contributed by atoms with van der Waals surface area (Å²) >= 11 is 1.74. The molecular formula is C20H27IN6S. The Bertz CT molecular complexity index is 937.